The number of amides is 2. The van der Waals surface area contributed by atoms with E-state index >= 15 is 0 Å². The minimum absolute atomic E-state index is 0.00992. The van der Waals surface area contributed by atoms with E-state index < -0.39 is 0 Å². The molecule has 158 valence electrons. The minimum atomic E-state index is -0.00992. The van der Waals surface area contributed by atoms with Crippen molar-refractivity contribution < 1.29 is 9.59 Å². The molecule has 2 aromatic carbocycles. The highest BCUT2D eigenvalue weighted by molar-refractivity contribution is 5.98. The predicted molar refractivity (Wildman–Crippen MR) is 120 cm³/mol. The Morgan fingerprint density at radius 3 is 2.67 bits per heavy atom. The summed E-state index contributed by atoms with van der Waals surface area (Å²) in [6.45, 7) is 1.54. The monoisotopic (exact) mass is 407 g/mol. The maximum Gasteiger partial charge on any atom is 0.253 e. The van der Waals surface area contributed by atoms with Crippen LogP contribution in [-0.4, -0.2) is 63.5 Å². The van der Waals surface area contributed by atoms with Crippen LogP contribution in [0.5, 0.6) is 0 Å². The van der Waals surface area contributed by atoms with E-state index in [1.54, 1.807) is 26.0 Å². The van der Waals surface area contributed by atoms with E-state index in [9.17, 15) is 9.59 Å². The molecular weight excluding hydrogens is 378 g/mol. The van der Waals surface area contributed by atoms with Crippen molar-refractivity contribution in [3.8, 4) is 0 Å². The summed E-state index contributed by atoms with van der Waals surface area (Å²) < 4.78 is 0. The van der Waals surface area contributed by atoms with Crippen molar-refractivity contribution in [3.05, 3.63) is 65.2 Å². The fourth-order valence-corrected chi connectivity index (χ4v) is 3.52. The first-order chi connectivity index (χ1) is 14.5. The number of rotatable bonds is 6. The molecule has 2 N–H and O–H groups in total. The summed E-state index contributed by atoms with van der Waals surface area (Å²) in [6.07, 6.45) is 1.63. The third-order valence-electron chi connectivity index (χ3n) is 5.11. The molecule has 1 aliphatic heterocycles. The third-order valence-corrected chi connectivity index (χ3v) is 5.11. The lowest BCUT2D eigenvalue weighted by Gasteiger charge is -2.19. The Balaban J connectivity index is 1.47. The molecule has 0 radical (unpaired) electrons. The number of benzene rings is 2. The molecule has 3 rings (SSSR count). The first kappa shape index (κ1) is 21.4. The van der Waals surface area contributed by atoms with Crippen molar-refractivity contribution in [2.75, 3.05) is 45.7 Å². The Morgan fingerprint density at radius 1 is 1.10 bits per heavy atom. The van der Waals surface area contributed by atoms with Crippen LogP contribution in [0.25, 0.3) is 0 Å². The van der Waals surface area contributed by atoms with Crippen molar-refractivity contribution >= 4 is 23.5 Å². The van der Waals surface area contributed by atoms with Gasteiger partial charge in [0.15, 0.2) is 5.96 Å². The number of hydrogen-bond acceptors (Lipinski definition) is 3. The van der Waals surface area contributed by atoms with Crippen LogP contribution in [0.2, 0.25) is 0 Å². The molecule has 7 heteroatoms. The van der Waals surface area contributed by atoms with Crippen LogP contribution in [0.15, 0.2) is 53.5 Å². The van der Waals surface area contributed by atoms with Gasteiger partial charge in [-0.3, -0.25) is 14.6 Å². The normalized spacial score (nSPS) is 13.0. The molecule has 0 saturated heterocycles. The van der Waals surface area contributed by atoms with Crippen molar-refractivity contribution in [1.29, 1.82) is 0 Å². The molecule has 1 aliphatic rings. The number of aliphatic imine (C=N–C) groups is 1. The Labute approximate surface area is 177 Å². The number of nitrogens with one attached hydrogen (secondary N) is 2. The van der Waals surface area contributed by atoms with Crippen LogP contribution >= 0.6 is 0 Å². The van der Waals surface area contributed by atoms with Gasteiger partial charge in [-0.05, 0) is 42.2 Å². The van der Waals surface area contributed by atoms with Crippen LogP contribution in [-0.2, 0) is 17.6 Å². The lowest BCUT2D eigenvalue weighted by molar-refractivity contribution is -0.117. The second-order valence-electron chi connectivity index (χ2n) is 7.43. The topological polar surface area (TPSA) is 77.0 Å². The van der Waals surface area contributed by atoms with Gasteiger partial charge in [-0.1, -0.05) is 30.3 Å². The molecule has 0 atom stereocenters. The van der Waals surface area contributed by atoms with E-state index in [4.69, 9.17) is 0 Å². The van der Waals surface area contributed by atoms with Crippen LogP contribution in [0.3, 0.4) is 0 Å². The van der Waals surface area contributed by atoms with Gasteiger partial charge in [0.1, 0.15) is 0 Å². The van der Waals surface area contributed by atoms with E-state index in [1.807, 2.05) is 47.4 Å². The molecule has 0 saturated carbocycles. The SMILES string of the molecule is CN=C(NCCc1cccc(C(=O)N(C)C)c1)NCC(=O)N1CCc2ccccc21. The van der Waals surface area contributed by atoms with Crippen LogP contribution in [0, 0.1) is 0 Å². The fourth-order valence-electron chi connectivity index (χ4n) is 3.52. The molecule has 2 amide bonds. The number of hydrogen-bond donors (Lipinski definition) is 2. The predicted octanol–water partition coefficient (Wildman–Crippen LogP) is 1.69. The van der Waals surface area contributed by atoms with Gasteiger partial charge in [-0.2, -0.15) is 0 Å². The third kappa shape index (κ3) is 5.17. The zero-order valence-corrected chi connectivity index (χ0v) is 17.8. The van der Waals surface area contributed by atoms with E-state index in [2.05, 4.69) is 21.7 Å². The van der Waals surface area contributed by atoms with Gasteiger partial charge in [-0.25, -0.2) is 0 Å². The summed E-state index contributed by atoms with van der Waals surface area (Å²) >= 11 is 0. The minimum Gasteiger partial charge on any atom is -0.356 e. The summed E-state index contributed by atoms with van der Waals surface area (Å²) in [5, 5.41) is 6.32. The van der Waals surface area contributed by atoms with E-state index in [1.165, 1.54) is 5.56 Å². The number of anilines is 1. The lowest BCUT2D eigenvalue weighted by Crippen LogP contribution is -2.44. The van der Waals surface area contributed by atoms with Gasteiger partial charge in [0.2, 0.25) is 5.91 Å². The Bertz CT molecular complexity index is 939. The number of nitrogens with zero attached hydrogens (tertiary/aromatic N) is 3. The Kier molecular flexibility index (Phi) is 7.06. The molecule has 30 heavy (non-hydrogen) atoms. The number of fused-ring (bicyclic) bond motifs is 1. The average molecular weight is 408 g/mol. The Morgan fingerprint density at radius 2 is 1.90 bits per heavy atom. The first-order valence-corrected chi connectivity index (χ1v) is 10.1. The number of para-hydroxylation sites is 1. The first-order valence-electron chi connectivity index (χ1n) is 10.1. The lowest BCUT2D eigenvalue weighted by atomic mass is 10.1. The molecule has 0 spiro atoms. The smallest absolute Gasteiger partial charge is 0.253 e. The second-order valence-corrected chi connectivity index (χ2v) is 7.43. The molecule has 0 aliphatic carbocycles. The number of carbonyl (C=O) groups excluding carboxylic acids is 2. The van der Waals surface area contributed by atoms with E-state index in [0.717, 1.165) is 24.1 Å². The Hall–Kier alpha value is -3.35. The largest absolute Gasteiger partial charge is 0.356 e. The fraction of sp³-hybridized carbons (Fsp3) is 0.348. The van der Waals surface area contributed by atoms with Crippen LogP contribution in [0.1, 0.15) is 21.5 Å². The van der Waals surface area contributed by atoms with Crippen LogP contribution < -0.4 is 15.5 Å². The maximum absolute atomic E-state index is 12.6. The maximum atomic E-state index is 12.6. The number of carbonyl (C=O) groups is 2. The highest BCUT2D eigenvalue weighted by Crippen LogP contribution is 2.27. The van der Waals surface area contributed by atoms with Gasteiger partial charge in [0.25, 0.3) is 5.91 Å². The van der Waals surface area contributed by atoms with Crippen molar-refractivity contribution in [2.45, 2.75) is 12.8 Å². The molecule has 0 unspecified atom stereocenters. The molecule has 2 aromatic rings. The van der Waals surface area contributed by atoms with Gasteiger partial charge in [0.05, 0.1) is 6.54 Å². The van der Waals surface area contributed by atoms with E-state index in [0.29, 0.717) is 24.6 Å². The quantitative estimate of drug-likeness (QED) is 0.564. The van der Waals surface area contributed by atoms with E-state index in [-0.39, 0.29) is 18.4 Å². The molecule has 1 heterocycles. The summed E-state index contributed by atoms with van der Waals surface area (Å²) in [5.74, 6) is 0.596. The second kappa shape index (κ2) is 9.91. The zero-order chi connectivity index (χ0) is 21.5. The van der Waals surface area contributed by atoms with Gasteiger partial charge in [-0.15, -0.1) is 0 Å². The molecule has 0 fully saturated rings. The summed E-state index contributed by atoms with van der Waals surface area (Å²) in [4.78, 5) is 32.3. The molecular formula is C23H29N5O2. The van der Waals surface area contributed by atoms with Gasteiger partial charge in [0, 0.05) is 45.5 Å². The van der Waals surface area contributed by atoms with Gasteiger partial charge >= 0.3 is 0 Å². The average Bonchev–Trinajstić information content (AvgIpc) is 3.19. The standard InChI is InChI=1S/C23H29N5O2/c1-24-23(25-13-11-17-7-6-9-19(15-17)22(30)27(2)3)26-16-21(29)28-14-12-18-8-4-5-10-20(18)28/h4-10,15H,11-14,16H2,1-3H3,(H2,24,25,26). The highest BCUT2D eigenvalue weighted by atomic mass is 16.2. The highest BCUT2D eigenvalue weighted by Gasteiger charge is 2.23. The molecule has 0 bridgehead atoms. The van der Waals surface area contributed by atoms with Gasteiger partial charge < -0.3 is 20.4 Å². The summed E-state index contributed by atoms with van der Waals surface area (Å²) in [5.41, 5.74) is 3.95. The summed E-state index contributed by atoms with van der Waals surface area (Å²) in [6, 6.07) is 15.6. The van der Waals surface area contributed by atoms with Crippen LogP contribution in [0.4, 0.5) is 5.69 Å². The molecule has 7 nitrogen and oxygen atoms in total. The number of guanidine groups is 1. The van der Waals surface area contributed by atoms with Crippen molar-refractivity contribution in [3.63, 3.8) is 0 Å². The summed E-state index contributed by atoms with van der Waals surface area (Å²) in [7, 11) is 5.17. The van der Waals surface area contributed by atoms with Crippen molar-refractivity contribution in [2.24, 2.45) is 4.99 Å². The molecule has 0 aromatic heterocycles. The zero-order valence-electron chi connectivity index (χ0n) is 17.8. The van der Waals surface area contributed by atoms with Crippen molar-refractivity contribution in [1.82, 2.24) is 15.5 Å².